The number of rotatable bonds is 7. The van der Waals surface area contributed by atoms with E-state index in [0.29, 0.717) is 63.1 Å². The van der Waals surface area contributed by atoms with E-state index in [9.17, 15) is 9.59 Å². The van der Waals surface area contributed by atoms with Gasteiger partial charge in [0, 0.05) is 48.9 Å². The minimum atomic E-state index is -0.342. The molecule has 2 fully saturated rings. The topological polar surface area (TPSA) is 96.0 Å². The summed E-state index contributed by atoms with van der Waals surface area (Å²) in [7, 11) is 3.13. The van der Waals surface area contributed by atoms with Crippen molar-refractivity contribution in [3.63, 3.8) is 0 Å². The first kappa shape index (κ1) is 29.6. The van der Waals surface area contributed by atoms with Gasteiger partial charge in [-0.1, -0.05) is 25.3 Å². The summed E-state index contributed by atoms with van der Waals surface area (Å²) in [6.45, 7) is 3.10. The summed E-state index contributed by atoms with van der Waals surface area (Å²) in [6.07, 6.45) is 9.43. The van der Waals surface area contributed by atoms with E-state index < -0.39 is 0 Å². The maximum atomic E-state index is 12.8. The van der Waals surface area contributed by atoms with Crippen molar-refractivity contribution < 1.29 is 28.2 Å². The van der Waals surface area contributed by atoms with Crippen LogP contribution in [-0.4, -0.2) is 66.9 Å². The molecule has 1 saturated carbocycles. The number of amides is 1. The lowest BCUT2D eigenvalue weighted by atomic mass is 9.81. The van der Waals surface area contributed by atoms with Gasteiger partial charge in [0.25, 0.3) is 0 Å². The zero-order chi connectivity index (χ0) is 30.9. The van der Waals surface area contributed by atoms with Crippen molar-refractivity contribution in [1.29, 1.82) is 0 Å². The molecule has 2 aliphatic heterocycles. The summed E-state index contributed by atoms with van der Waals surface area (Å²) in [4.78, 5) is 32.1. The summed E-state index contributed by atoms with van der Waals surface area (Å²) >= 11 is 0. The van der Waals surface area contributed by atoms with Crippen molar-refractivity contribution in [2.45, 2.75) is 69.7 Å². The van der Waals surface area contributed by atoms with Crippen LogP contribution in [0, 0.1) is 0 Å². The van der Waals surface area contributed by atoms with E-state index in [0.717, 1.165) is 36.3 Å². The summed E-state index contributed by atoms with van der Waals surface area (Å²) < 4.78 is 25.0. The van der Waals surface area contributed by atoms with Crippen LogP contribution in [0.2, 0.25) is 0 Å². The van der Waals surface area contributed by atoms with Crippen LogP contribution < -0.4 is 4.74 Å². The molecule has 4 aromatic rings. The monoisotopic (exact) mass is 611 g/mol. The van der Waals surface area contributed by atoms with Crippen molar-refractivity contribution >= 4 is 22.8 Å². The van der Waals surface area contributed by atoms with Crippen molar-refractivity contribution in [1.82, 2.24) is 14.5 Å². The Morgan fingerprint density at radius 2 is 1.82 bits per heavy atom. The number of esters is 1. The van der Waals surface area contributed by atoms with E-state index in [1.807, 2.05) is 23.1 Å². The third-order valence-corrected chi connectivity index (χ3v) is 9.84. The first-order valence-corrected chi connectivity index (χ1v) is 16.3. The lowest BCUT2D eigenvalue weighted by Crippen LogP contribution is -2.40. The lowest BCUT2D eigenvalue weighted by molar-refractivity contribution is -0.135. The van der Waals surface area contributed by atoms with Crippen LogP contribution in [0.4, 0.5) is 0 Å². The number of aromatic nitrogens is 2. The van der Waals surface area contributed by atoms with Gasteiger partial charge in [0.2, 0.25) is 5.91 Å². The molecule has 0 spiro atoms. The molecule has 45 heavy (non-hydrogen) atoms. The van der Waals surface area contributed by atoms with E-state index in [-0.39, 0.29) is 17.8 Å². The number of fused-ring (bicyclic) bond motifs is 5. The number of morpholine rings is 1. The van der Waals surface area contributed by atoms with Crippen molar-refractivity contribution in [3.8, 4) is 17.0 Å². The number of benzene rings is 2. The summed E-state index contributed by atoms with van der Waals surface area (Å²) in [6, 6.07) is 12.4. The molecule has 1 atom stereocenters. The van der Waals surface area contributed by atoms with E-state index >= 15 is 0 Å². The predicted octanol–water partition coefficient (Wildman–Crippen LogP) is 6.27. The van der Waals surface area contributed by atoms with E-state index in [4.69, 9.17) is 23.6 Å². The summed E-state index contributed by atoms with van der Waals surface area (Å²) in [5, 5.41) is 1.20. The van der Waals surface area contributed by atoms with Crippen LogP contribution >= 0.6 is 0 Å². The molecule has 0 bridgehead atoms. The fraction of sp³-hybridized carbons (Fsp3) is 0.472. The standard InChI is InChI=1S/C36H41N3O6/c1-42-27-9-12-29-25(19-27)18-26(35-37-21-28(45-35)10-13-32(40)38-14-16-44-17-15-38)22-39-31-20-24(36(41)43-2)8-11-30(31)33(34(29)39)23-6-4-3-5-7-23/h8-9,11-12,19-21,23,26H,3-7,10,13-18,22H2,1-2H3. The molecule has 2 aromatic heterocycles. The number of ether oxygens (including phenoxy) is 3. The first-order chi connectivity index (χ1) is 22.0. The highest BCUT2D eigenvalue weighted by Gasteiger charge is 2.33. The highest BCUT2D eigenvalue weighted by Crippen LogP contribution is 2.48. The Labute approximate surface area is 263 Å². The number of carbonyl (C=O) groups is 2. The molecule has 9 nitrogen and oxygen atoms in total. The second kappa shape index (κ2) is 12.7. The molecule has 1 unspecified atom stereocenters. The second-order valence-electron chi connectivity index (χ2n) is 12.5. The maximum Gasteiger partial charge on any atom is 0.337 e. The largest absolute Gasteiger partial charge is 0.497 e. The van der Waals surface area contributed by atoms with Crippen molar-refractivity contribution in [2.75, 3.05) is 40.5 Å². The average Bonchev–Trinajstić information content (AvgIpc) is 3.65. The average molecular weight is 612 g/mol. The highest BCUT2D eigenvalue weighted by molar-refractivity contribution is 5.99. The Balaban J connectivity index is 1.30. The number of hydrogen-bond acceptors (Lipinski definition) is 7. The highest BCUT2D eigenvalue weighted by atomic mass is 16.5. The van der Waals surface area contributed by atoms with Crippen LogP contribution in [0.1, 0.15) is 83.5 Å². The molecular weight excluding hydrogens is 570 g/mol. The van der Waals surface area contributed by atoms with Crippen LogP contribution in [0.5, 0.6) is 5.75 Å². The molecule has 236 valence electrons. The molecule has 2 aromatic carbocycles. The zero-order valence-corrected chi connectivity index (χ0v) is 26.2. The SMILES string of the molecule is COC(=O)c1ccc2c(C3CCCCC3)c3n(c2c1)CC(c1ncc(CCC(=O)N2CCOCC2)o1)Cc1cc(OC)ccc1-3. The molecule has 9 heteroatoms. The van der Waals surface area contributed by atoms with E-state index in [2.05, 4.69) is 22.8 Å². The zero-order valence-electron chi connectivity index (χ0n) is 26.2. The van der Waals surface area contributed by atoms with Gasteiger partial charge >= 0.3 is 5.97 Å². The van der Waals surface area contributed by atoms with Gasteiger partial charge in [0.15, 0.2) is 5.89 Å². The van der Waals surface area contributed by atoms with Gasteiger partial charge in [0.05, 0.1) is 50.8 Å². The van der Waals surface area contributed by atoms with Gasteiger partial charge < -0.3 is 28.1 Å². The Morgan fingerprint density at radius 1 is 1.00 bits per heavy atom. The van der Waals surface area contributed by atoms with Gasteiger partial charge in [-0.3, -0.25) is 4.79 Å². The number of nitrogens with zero attached hydrogens (tertiary/aromatic N) is 3. The summed E-state index contributed by atoms with van der Waals surface area (Å²) in [5.41, 5.74) is 6.56. The third kappa shape index (κ3) is 5.74. The van der Waals surface area contributed by atoms with Crippen molar-refractivity contribution in [2.24, 2.45) is 0 Å². The molecule has 0 N–H and O–H groups in total. The molecule has 1 aliphatic carbocycles. The van der Waals surface area contributed by atoms with Gasteiger partial charge in [-0.15, -0.1) is 0 Å². The number of methoxy groups -OCH3 is 2. The van der Waals surface area contributed by atoms with Crippen LogP contribution in [-0.2, 0) is 33.7 Å². The quantitative estimate of drug-likeness (QED) is 0.227. The molecule has 4 heterocycles. The molecule has 3 aliphatic rings. The smallest absolute Gasteiger partial charge is 0.337 e. The van der Waals surface area contributed by atoms with Gasteiger partial charge in [-0.2, -0.15) is 0 Å². The molecular formula is C36H41N3O6. The van der Waals surface area contributed by atoms with Crippen LogP contribution in [0.25, 0.3) is 22.2 Å². The Morgan fingerprint density at radius 3 is 2.60 bits per heavy atom. The molecule has 0 radical (unpaired) electrons. The number of hydrogen-bond donors (Lipinski definition) is 0. The van der Waals surface area contributed by atoms with E-state index in [1.54, 1.807) is 13.3 Å². The molecule has 1 amide bonds. The van der Waals surface area contributed by atoms with E-state index in [1.165, 1.54) is 54.1 Å². The van der Waals surface area contributed by atoms with Crippen molar-refractivity contribution in [3.05, 3.63) is 70.9 Å². The number of oxazole rings is 1. The minimum Gasteiger partial charge on any atom is -0.497 e. The van der Waals surface area contributed by atoms with Gasteiger partial charge in [-0.25, -0.2) is 9.78 Å². The normalized spacial score (nSPS) is 18.7. The van der Waals surface area contributed by atoms with Gasteiger partial charge in [-0.05, 0) is 66.6 Å². The number of carbonyl (C=O) groups excluding carboxylic acids is 2. The minimum absolute atomic E-state index is 0.0580. The lowest BCUT2D eigenvalue weighted by Gasteiger charge is -2.26. The summed E-state index contributed by atoms with van der Waals surface area (Å²) in [5.74, 6) is 2.37. The first-order valence-electron chi connectivity index (χ1n) is 16.3. The fourth-order valence-electron chi connectivity index (χ4n) is 7.55. The van der Waals surface area contributed by atoms with Crippen LogP contribution in [0.3, 0.4) is 0 Å². The Hall–Kier alpha value is -4.11. The number of aryl methyl sites for hydroxylation is 1. The third-order valence-electron chi connectivity index (χ3n) is 9.84. The molecule has 1 saturated heterocycles. The second-order valence-corrected chi connectivity index (χ2v) is 12.5. The fourth-order valence-corrected chi connectivity index (χ4v) is 7.55. The predicted molar refractivity (Wildman–Crippen MR) is 170 cm³/mol. The maximum absolute atomic E-state index is 12.8. The van der Waals surface area contributed by atoms with Gasteiger partial charge in [0.1, 0.15) is 11.5 Å². The Kier molecular flexibility index (Phi) is 8.36. The molecule has 7 rings (SSSR count). The Bertz CT molecular complexity index is 1710. The van der Waals surface area contributed by atoms with Crippen LogP contribution in [0.15, 0.2) is 47.0 Å².